The zero-order chi connectivity index (χ0) is 28.7. The van der Waals surface area contributed by atoms with Crippen LogP contribution in [0.4, 0.5) is 24.5 Å². The number of nitrogens with zero attached hydrogens (tertiary/aromatic N) is 5. The number of imide groups is 1. The number of anilines is 2. The first-order valence-corrected chi connectivity index (χ1v) is 14.4. The first-order valence-electron chi connectivity index (χ1n) is 13.5. The van der Waals surface area contributed by atoms with Gasteiger partial charge in [0, 0.05) is 62.5 Å². The number of amides is 3. The third kappa shape index (κ3) is 5.28. The van der Waals surface area contributed by atoms with Gasteiger partial charge < -0.3 is 14.7 Å². The molecule has 41 heavy (non-hydrogen) atoms. The van der Waals surface area contributed by atoms with Crippen molar-refractivity contribution in [2.45, 2.75) is 25.6 Å². The number of piperidine rings is 1. The summed E-state index contributed by atoms with van der Waals surface area (Å²) in [5, 5.41) is 2.50. The van der Waals surface area contributed by atoms with Gasteiger partial charge >= 0.3 is 6.18 Å². The van der Waals surface area contributed by atoms with Crippen LogP contribution in [0.1, 0.15) is 44.1 Å². The molecule has 0 aliphatic carbocycles. The standard InChI is InChI=1S/C29H28F3N5O3S/c30-29(31,32)20-3-1-4-21(17-20)34-12-14-36(15-13-34)26(38)19-7-10-35(11-8-19)23-6-2-5-22-25(23)28(40)37(27(22)39)18-24-33-9-16-41-24/h1-6,9,16-17,19H,7-8,10-15,18H2. The molecule has 12 heteroatoms. The molecule has 0 bridgehead atoms. The van der Waals surface area contributed by atoms with Gasteiger partial charge in [0.25, 0.3) is 11.8 Å². The number of carbonyl (C=O) groups is 3. The zero-order valence-electron chi connectivity index (χ0n) is 22.1. The number of carbonyl (C=O) groups excluding carboxylic acids is 3. The first-order chi connectivity index (χ1) is 19.7. The predicted octanol–water partition coefficient (Wildman–Crippen LogP) is 4.52. The maximum Gasteiger partial charge on any atom is 0.416 e. The Labute approximate surface area is 239 Å². The molecule has 0 atom stereocenters. The molecule has 0 radical (unpaired) electrons. The Balaban J connectivity index is 1.06. The van der Waals surface area contributed by atoms with E-state index in [1.807, 2.05) is 15.9 Å². The highest BCUT2D eigenvalue weighted by Gasteiger charge is 2.40. The fraction of sp³-hybridized carbons (Fsp3) is 0.379. The van der Waals surface area contributed by atoms with Crippen molar-refractivity contribution in [1.82, 2.24) is 14.8 Å². The molecule has 3 aliphatic heterocycles. The number of aromatic nitrogens is 1. The van der Waals surface area contributed by atoms with Gasteiger partial charge in [0.2, 0.25) is 5.91 Å². The van der Waals surface area contributed by atoms with Crippen molar-refractivity contribution >= 4 is 40.4 Å². The molecule has 0 unspecified atom stereocenters. The van der Waals surface area contributed by atoms with Crippen LogP contribution in [0, 0.1) is 5.92 Å². The smallest absolute Gasteiger partial charge is 0.371 e. The predicted molar refractivity (Wildman–Crippen MR) is 148 cm³/mol. The SMILES string of the molecule is O=C(C1CCN(c2cccc3c2C(=O)N(Cc2nccs2)C3=O)CC1)N1CCN(c2cccc(C(F)(F)F)c2)CC1. The van der Waals surface area contributed by atoms with Gasteiger partial charge in [-0.2, -0.15) is 13.2 Å². The lowest BCUT2D eigenvalue weighted by atomic mass is 9.93. The van der Waals surface area contributed by atoms with Crippen molar-refractivity contribution in [2.75, 3.05) is 49.1 Å². The lowest BCUT2D eigenvalue weighted by Gasteiger charge is -2.40. The third-order valence-corrected chi connectivity index (χ3v) is 8.83. The summed E-state index contributed by atoms with van der Waals surface area (Å²) in [6, 6.07) is 10.6. The molecule has 1 aromatic heterocycles. The molecule has 8 nitrogen and oxygen atoms in total. The van der Waals surface area contributed by atoms with Crippen LogP contribution in [0.5, 0.6) is 0 Å². The molecule has 0 N–H and O–H groups in total. The highest BCUT2D eigenvalue weighted by atomic mass is 32.1. The van der Waals surface area contributed by atoms with Crippen LogP contribution in [0.15, 0.2) is 54.0 Å². The van der Waals surface area contributed by atoms with E-state index in [0.717, 1.165) is 12.1 Å². The van der Waals surface area contributed by atoms with Crippen LogP contribution in [-0.2, 0) is 17.5 Å². The van der Waals surface area contributed by atoms with Gasteiger partial charge in [0.1, 0.15) is 5.01 Å². The van der Waals surface area contributed by atoms with Crippen molar-refractivity contribution in [1.29, 1.82) is 0 Å². The van der Waals surface area contributed by atoms with Crippen molar-refractivity contribution < 1.29 is 27.6 Å². The molecule has 2 fully saturated rings. The van der Waals surface area contributed by atoms with E-state index in [-0.39, 0.29) is 30.2 Å². The molecule has 214 valence electrons. The van der Waals surface area contributed by atoms with E-state index >= 15 is 0 Å². The number of hydrogen-bond donors (Lipinski definition) is 0. The van der Waals surface area contributed by atoms with Crippen LogP contribution in [0.2, 0.25) is 0 Å². The summed E-state index contributed by atoms with van der Waals surface area (Å²) in [7, 11) is 0. The van der Waals surface area contributed by atoms with E-state index in [1.165, 1.54) is 22.3 Å². The molecule has 0 spiro atoms. The highest BCUT2D eigenvalue weighted by molar-refractivity contribution is 7.09. The molecule has 0 saturated carbocycles. The van der Waals surface area contributed by atoms with Crippen molar-refractivity contribution in [3.05, 3.63) is 75.7 Å². The second-order valence-corrected chi connectivity index (χ2v) is 11.4. The fourth-order valence-electron chi connectivity index (χ4n) is 5.88. The number of halogens is 3. The number of fused-ring (bicyclic) bond motifs is 1. The van der Waals surface area contributed by atoms with Crippen molar-refractivity contribution in [2.24, 2.45) is 5.92 Å². The molecule has 2 aromatic carbocycles. The van der Waals surface area contributed by atoms with Gasteiger partial charge in [-0.1, -0.05) is 12.1 Å². The summed E-state index contributed by atoms with van der Waals surface area (Å²) < 4.78 is 39.4. The Bertz CT molecular complexity index is 1460. The summed E-state index contributed by atoms with van der Waals surface area (Å²) in [5.41, 5.74) is 1.34. The summed E-state index contributed by atoms with van der Waals surface area (Å²) in [6.07, 6.45) is -1.53. The van der Waals surface area contributed by atoms with Crippen molar-refractivity contribution in [3.8, 4) is 0 Å². The first kappa shape index (κ1) is 27.3. The Morgan fingerprint density at radius 2 is 1.66 bits per heavy atom. The Hall–Kier alpha value is -3.93. The van der Waals surface area contributed by atoms with Gasteiger partial charge in [-0.25, -0.2) is 4.98 Å². The van der Waals surface area contributed by atoms with E-state index in [0.29, 0.717) is 79.6 Å². The van der Waals surface area contributed by atoms with Gasteiger partial charge in [0.15, 0.2) is 0 Å². The van der Waals surface area contributed by atoms with Crippen LogP contribution in [-0.4, -0.2) is 71.8 Å². The van der Waals surface area contributed by atoms with E-state index in [2.05, 4.69) is 9.88 Å². The second kappa shape index (κ2) is 10.8. The second-order valence-electron chi connectivity index (χ2n) is 10.4. The monoisotopic (exact) mass is 583 g/mol. The van der Waals surface area contributed by atoms with Crippen LogP contribution < -0.4 is 9.80 Å². The van der Waals surface area contributed by atoms with E-state index in [1.54, 1.807) is 29.8 Å². The van der Waals surface area contributed by atoms with Crippen LogP contribution in [0.25, 0.3) is 0 Å². The minimum Gasteiger partial charge on any atom is -0.371 e. The van der Waals surface area contributed by atoms with Crippen molar-refractivity contribution in [3.63, 3.8) is 0 Å². The summed E-state index contributed by atoms with van der Waals surface area (Å²) >= 11 is 1.39. The average Bonchev–Trinajstić information content (AvgIpc) is 3.59. The molecular formula is C29H28F3N5O3S. The summed E-state index contributed by atoms with van der Waals surface area (Å²) in [5.74, 6) is -0.751. The largest absolute Gasteiger partial charge is 0.416 e. The lowest BCUT2D eigenvalue weighted by Crippen LogP contribution is -2.51. The Morgan fingerprint density at radius 1 is 0.927 bits per heavy atom. The highest BCUT2D eigenvalue weighted by Crippen LogP contribution is 2.36. The normalized spacial score (nSPS) is 18.3. The van der Waals surface area contributed by atoms with Crippen LogP contribution in [0.3, 0.4) is 0 Å². The summed E-state index contributed by atoms with van der Waals surface area (Å²) in [6.45, 7) is 3.13. The molecule has 3 amide bonds. The number of piperazine rings is 1. The van der Waals surface area contributed by atoms with E-state index < -0.39 is 11.7 Å². The van der Waals surface area contributed by atoms with Gasteiger partial charge in [0.05, 0.1) is 28.9 Å². The number of rotatable bonds is 5. The maximum atomic E-state index is 13.3. The molecule has 3 aromatic rings. The minimum absolute atomic E-state index is 0.0625. The topological polar surface area (TPSA) is 77.1 Å². The fourth-order valence-corrected chi connectivity index (χ4v) is 6.48. The van der Waals surface area contributed by atoms with E-state index in [9.17, 15) is 27.6 Å². The minimum atomic E-state index is -4.40. The molecule has 2 saturated heterocycles. The number of alkyl halides is 3. The number of hydrogen-bond acceptors (Lipinski definition) is 7. The maximum absolute atomic E-state index is 13.3. The van der Waals surface area contributed by atoms with Gasteiger partial charge in [-0.05, 0) is 43.2 Å². The Kier molecular flexibility index (Phi) is 7.18. The van der Waals surface area contributed by atoms with Crippen LogP contribution >= 0.6 is 11.3 Å². The number of benzene rings is 2. The lowest BCUT2D eigenvalue weighted by molar-refractivity contribution is -0.137. The van der Waals surface area contributed by atoms with Gasteiger partial charge in [-0.3, -0.25) is 19.3 Å². The average molecular weight is 584 g/mol. The molecule has 4 heterocycles. The Morgan fingerprint density at radius 3 is 2.34 bits per heavy atom. The molecule has 3 aliphatic rings. The zero-order valence-corrected chi connectivity index (χ0v) is 23.0. The number of thiazole rings is 1. The molecular weight excluding hydrogens is 555 g/mol. The third-order valence-electron chi connectivity index (χ3n) is 8.07. The summed E-state index contributed by atoms with van der Waals surface area (Å²) in [4.78, 5) is 50.9. The van der Waals surface area contributed by atoms with E-state index in [4.69, 9.17) is 0 Å². The quantitative estimate of drug-likeness (QED) is 0.411. The molecule has 6 rings (SSSR count). The van der Waals surface area contributed by atoms with Gasteiger partial charge in [-0.15, -0.1) is 11.3 Å².